The molecule has 0 aliphatic heterocycles. The lowest BCUT2D eigenvalue weighted by molar-refractivity contribution is 0.617. The second-order valence-electron chi connectivity index (χ2n) is 4.88. The van der Waals surface area contributed by atoms with E-state index in [-0.39, 0.29) is 5.82 Å². The van der Waals surface area contributed by atoms with Crippen LogP contribution >= 0.6 is 0 Å². The summed E-state index contributed by atoms with van der Waals surface area (Å²) in [5, 5.41) is 4.34. The van der Waals surface area contributed by atoms with Gasteiger partial charge in [0.2, 0.25) is 0 Å². The number of benzene rings is 1. The van der Waals surface area contributed by atoms with Crippen molar-refractivity contribution in [2.45, 2.75) is 13.1 Å². The van der Waals surface area contributed by atoms with Crippen LogP contribution in [-0.2, 0) is 13.1 Å². The van der Waals surface area contributed by atoms with Gasteiger partial charge in [0.05, 0.1) is 6.20 Å². The molecule has 1 N–H and O–H groups in total. The molecule has 0 aliphatic rings. The molecule has 0 amide bonds. The van der Waals surface area contributed by atoms with E-state index < -0.39 is 0 Å². The molecule has 0 unspecified atom stereocenters. The molecule has 20 heavy (non-hydrogen) atoms. The van der Waals surface area contributed by atoms with Gasteiger partial charge in [-0.25, -0.2) is 4.39 Å². The standard InChI is InChI=1S/C16H16FN3/c1-18-8-12-2-3-16-14(6-12)4-5-20(16)11-13-7-15(17)10-19-9-13/h2-7,9-10,18H,8,11H2,1H3. The maximum absolute atomic E-state index is 13.2. The molecule has 3 aromatic rings. The normalized spacial score (nSPS) is 11.1. The fourth-order valence-electron chi connectivity index (χ4n) is 2.44. The lowest BCUT2D eigenvalue weighted by atomic mass is 10.1. The molecule has 102 valence electrons. The van der Waals surface area contributed by atoms with Gasteiger partial charge in [0.25, 0.3) is 0 Å². The molecule has 0 saturated heterocycles. The zero-order chi connectivity index (χ0) is 13.9. The maximum atomic E-state index is 13.2. The second-order valence-corrected chi connectivity index (χ2v) is 4.88. The van der Waals surface area contributed by atoms with Crippen molar-refractivity contribution in [2.75, 3.05) is 7.05 Å². The lowest BCUT2D eigenvalue weighted by Gasteiger charge is -2.06. The lowest BCUT2D eigenvalue weighted by Crippen LogP contribution is -2.04. The van der Waals surface area contributed by atoms with Crippen LogP contribution in [0.3, 0.4) is 0 Å². The van der Waals surface area contributed by atoms with Gasteiger partial charge >= 0.3 is 0 Å². The highest BCUT2D eigenvalue weighted by atomic mass is 19.1. The van der Waals surface area contributed by atoms with E-state index in [0.717, 1.165) is 17.6 Å². The number of hydrogen-bond acceptors (Lipinski definition) is 2. The molecule has 0 spiro atoms. The van der Waals surface area contributed by atoms with Crippen molar-refractivity contribution in [3.8, 4) is 0 Å². The topological polar surface area (TPSA) is 29.9 Å². The van der Waals surface area contributed by atoms with E-state index in [1.165, 1.54) is 23.2 Å². The summed E-state index contributed by atoms with van der Waals surface area (Å²) in [4.78, 5) is 3.89. The Kier molecular flexibility index (Phi) is 3.48. The number of nitrogens with zero attached hydrogens (tertiary/aromatic N) is 2. The monoisotopic (exact) mass is 269 g/mol. The zero-order valence-corrected chi connectivity index (χ0v) is 11.3. The van der Waals surface area contributed by atoms with E-state index in [1.807, 2.05) is 13.2 Å². The molecule has 0 radical (unpaired) electrons. The molecule has 3 nitrogen and oxygen atoms in total. The summed E-state index contributed by atoms with van der Waals surface area (Å²) in [5.41, 5.74) is 3.26. The Balaban J connectivity index is 1.92. The predicted octanol–water partition coefficient (Wildman–Crippen LogP) is 2.94. The molecule has 0 bridgehead atoms. The first-order valence-electron chi connectivity index (χ1n) is 6.58. The Hall–Kier alpha value is -2.20. The minimum atomic E-state index is -0.296. The molecule has 0 atom stereocenters. The van der Waals surface area contributed by atoms with Crippen molar-refractivity contribution in [1.29, 1.82) is 0 Å². The van der Waals surface area contributed by atoms with Crippen LogP contribution in [0.25, 0.3) is 10.9 Å². The van der Waals surface area contributed by atoms with E-state index >= 15 is 0 Å². The number of rotatable bonds is 4. The number of fused-ring (bicyclic) bond motifs is 1. The molecule has 2 aromatic heterocycles. The van der Waals surface area contributed by atoms with Crippen molar-refractivity contribution in [3.05, 3.63) is 65.9 Å². The van der Waals surface area contributed by atoms with E-state index in [0.29, 0.717) is 6.54 Å². The molecule has 0 saturated carbocycles. The fraction of sp³-hybridized carbons (Fsp3) is 0.188. The Bertz CT molecular complexity index is 733. The van der Waals surface area contributed by atoms with Crippen molar-refractivity contribution in [3.63, 3.8) is 0 Å². The number of hydrogen-bond donors (Lipinski definition) is 1. The van der Waals surface area contributed by atoms with Gasteiger partial charge in [0.15, 0.2) is 0 Å². The van der Waals surface area contributed by atoms with Crippen LogP contribution in [0.15, 0.2) is 48.9 Å². The van der Waals surface area contributed by atoms with Crippen LogP contribution in [0.5, 0.6) is 0 Å². The molecular weight excluding hydrogens is 253 g/mol. The van der Waals surface area contributed by atoms with Gasteiger partial charge in [-0.05, 0) is 47.8 Å². The highest BCUT2D eigenvalue weighted by molar-refractivity contribution is 5.81. The summed E-state index contributed by atoms with van der Waals surface area (Å²) < 4.78 is 15.3. The van der Waals surface area contributed by atoms with Gasteiger partial charge in [-0.15, -0.1) is 0 Å². The average molecular weight is 269 g/mol. The van der Waals surface area contributed by atoms with Crippen LogP contribution < -0.4 is 5.32 Å². The summed E-state index contributed by atoms with van der Waals surface area (Å²) in [5.74, 6) is -0.296. The van der Waals surface area contributed by atoms with E-state index in [9.17, 15) is 4.39 Å². The van der Waals surface area contributed by atoms with Crippen molar-refractivity contribution in [1.82, 2.24) is 14.9 Å². The van der Waals surface area contributed by atoms with Crippen molar-refractivity contribution < 1.29 is 4.39 Å². The Morgan fingerprint density at radius 2 is 2.05 bits per heavy atom. The largest absolute Gasteiger partial charge is 0.343 e. The van der Waals surface area contributed by atoms with Crippen LogP contribution in [0.1, 0.15) is 11.1 Å². The summed E-state index contributed by atoms with van der Waals surface area (Å²) in [6.45, 7) is 1.48. The Labute approximate surface area is 117 Å². The summed E-state index contributed by atoms with van der Waals surface area (Å²) >= 11 is 0. The predicted molar refractivity (Wildman–Crippen MR) is 78.0 cm³/mol. The van der Waals surface area contributed by atoms with Gasteiger partial charge in [0.1, 0.15) is 5.82 Å². The Morgan fingerprint density at radius 1 is 1.15 bits per heavy atom. The third kappa shape index (κ3) is 2.56. The van der Waals surface area contributed by atoms with Gasteiger partial charge in [0, 0.05) is 31.0 Å². The van der Waals surface area contributed by atoms with Crippen LogP contribution in [0, 0.1) is 5.82 Å². The quantitative estimate of drug-likeness (QED) is 0.789. The van der Waals surface area contributed by atoms with Gasteiger partial charge in [-0.2, -0.15) is 0 Å². The number of aromatic nitrogens is 2. The second kappa shape index (κ2) is 5.43. The third-order valence-corrected chi connectivity index (χ3v) is 3.33. The minimum absolute atomic E-state index is 0.296. The molecule has 0 aliphatic carbocycles. The molecule has 4 heteroatoms. The number of halogens is 1. The fourth-order valence-corrected chi connectivity index (χ4v) is 2.44. The van der Waals surface area contributed by atoms with Crippen LogP contribution in [0.4, 0.5) is 4.39 Å². The number of nitrogens with one attached hydrogen (secondary N) is 1. The van der Waals surface area contributed by atoms with Crippen LogP contribution in [-0.4, -0.2) is 16.6 Å². The highest BCUT2D eigenvalue weighted by Gasteiger charge is 2.04. The number of pyridine rings is 1. The Morgan fingerprint density at radius 3 is 2.85 bits per heavy atom. The van der Waals surface area contributed by atoms with Gasteiger partial charge in [-0.3, -0.25) is 4.98 Å². The highest BCUT2D eigenvalue weighted by Crippen LogP contribution is 2.19. The molecule has 2 heterocycles. The average Bonchev–Trinajstić information content (AvgIpc) is 2.82. The smallest absolute Gasteiger partial charge is 0.141 e. The molecule has 1 aromatic carbocycles. The van der Waals surface area contributed by atoms with E-state index in [4.69, 9.17) is 0 Å². The minimum Gasteiger partial charge on any atom is -0.343 e. The van der Waals surface area contributed by atoms with Gasteiger partial charge < -0.3 is 9.88 Å². The molecular formula is C16H16FN3. The third-order valence-electron chi connectivity index (χ3n) is 3.33. The first kappa shape index (κ1) is 12.8. The molecule has 3 rings (SSSR count). The van der Waals surface area contributed by atoms with Crippen molar-refractivity contribution >= 4 is 10.9 Å². The van der Waals surface area contributed by atoms with Crippen LogP contribution in [0.2, 0.25) is 0 Å². The summed E-state index contributed by atoms with van der Waals surface area (Å²) in [7, 11) is 1.94. The SMILES string of the molecule is CNCc1ccc2c(ccn2Cc2cncc(F)c2)c1. The molecule has 0 fully saturated rings. The van der Waals surface area contributed by atoms with E-state index in [2.05, 4.69) is 39.1 Å². The summed E-state index contributed by atoms with van der Waals surface area (Å²) in [6, 6.07) is 10.00. The first-order valence-corrected chi connectivity index (χ1v) is 6.58. The first-order chi connectivity index (χ1) is 9.76. The van der Waals surface area contributed by atoms with Gasteiger partial charge in [-0.1, -0.05) is 6.07 Å². The van der Waals surface area contributed by atoms with Crippen molar-refractivity contribution in [2.24, 2.45) is 0 Å². The maximum Gasteiger partial charge on any atom is 0.141 e. The van der Waals surface area contributed by atoms with E-state index in [1.54, 1.807) is 6.20 Å². The zero-order valence-electron chi connectivity index (χ0n) is 11.3. The summed E-state index contributed by atoms with van der Waals surface area (Å²) in [6.07, 6.45) is 4.95.